The van der Waals surface area contributed by atoms with Gasteiger partial charge >= 0.3 is 23.5 Å². The van der Waals surface area contributed by atoms with Crippen LogP contribution < -0.4 is 16.4 Å². The quantitative estimate of drug-likeness (QED) is 0.0453. The Bertz CT molecular complexity index is 1830. The molecule has 1 saturated heterocycles. The molecular formula is C25H42N7O19P3S. The average molecular weight is 870 g/mol. The molecule has 2 aromatic heterocycles. The van der Waals surface area contributed by atoms with E-state index in [0.29, 0.717) is 11.8 Å². The normalized spacial score (nSPS) is 23.0. The van der Waals surface area contributed by atoms with E-state index in [2.05, 4.69) is 34.4 Å². The molecule has 55 heavy (non-hydrogen) atoms. The number of carbonyl (C=O) groups excluding carboxylic acids is 3. The van der Waals surface area contributed by atoms with Crippen LogP contribution in [0, 0.1) is 5.41 Å². The van der Waals surface area contributed by atoms with Gasteiger partial charge in [0.05, 0.1) is 26.1 Å². The number of phosphoric acid groups is 3. The van der Waals surface area contributed by atoms with E-state index in [1.165, 1.54) is 13.8 Å². The number of amides is 2. The number of nitrogens with zero attached hydrogens (tertiary/aromatic N) is 4. The number of phosphoric ester groups is 3. The second kappa shape index (κ2) is 18.8. The largest absolute Gasteiger partial charge is 0.481 e. The number of ether oxygens (including phenoxy) is 1. The lowest BCUT2D eigenvalue weighted by atomic mass is 9.87. The van der Waals surface area contributed by atoms with Crippen molar-refractivity contribution in [3.8, 4) is 0 Å². The fourth-order valence-electron chi connectivity index (χ4n) is 4.49. The van der Waals surface area contributed by atoms with Crippen molar-refractivity contribution >= 4 is 69.1 Å². The number of aromatic nitrogens is 4. The van der Waals surface area contributed by atoms with Crippen LogP contribution in [0.3, 0.4) is 0 Å². The highest BCUT2D eigenvalue weighted by atomic mass is 32.2. The van der Waals surface area contributed by atoms with Crippen molar-refractivity contribution in [2.75, 3.05) is 44.4 Å². The van der Waals surface area contributed by atoms with E-state index in [1.54, 1.807) is 0 Å². The van der Waals surface area contributed by atoms with Gasteiger partial charge in [-0.05, 0) is 6.92 Å². The molecule has 0 radical (unpaired) electrons. The van der Waals surface area contributed by atoms with Gasteiger partial charge in [0.25, 0.3) is 0 Å². The Morgan fingerprint density at radius 1 is 1.05 bits per heavy atom. The molecule has 3 rings (SSSR count). The third kappa shape index (κ3) is 13.5. The molecule has 8 atom stereocenters. The molecule has 0 spiro atoms. The maximum Gasteiger partial charge on any atom is 0.481 e. The molecule has 2 aromatic rings. The molecule has 312 valence electrons. The van der Waals surface area contributed by atoms with Crippen molar-refractivity contribution < 1.29 is 90.7 Å². The summed E-state index contributed by atoms with van der Waals surface area (Å²) in [5.41, 5.74) is 2.27. The number of rotatable bonds is 21. The Morgan fingerprint density at radius 3 is 2.35 bits per heavy atom. The summed E-state index contributed by atoms with van der Waals surface area (Å²) in [6.45, 7) is 0.490. The Morgan fingerprint density at radius 2 is 1.71 bits per heavy atom. The van der Waals surface area contributed by atoms with Crippen molar-refractivity contribution in [3.63, 3.8) is 0 Å². The number of aliphatic hydroxyl groups excluding tert-OH is 3. The summed E-state index contributed by atoms with van der Waals surface area (Å²) in [5.74, 6) is -1.53. The van der Waals surface area contributed by atoms with Gasteiger partial charge in [-0.1, -0.05) is 25.6 Å². The lowest BCUT2D eigenvalue weighted by Gasteiger charge is -2.30. The minimum Gasteiger partial charge on any atom is -0.393 e. The summed E-state index contributed by atoms with van der Waals surface area (Å²) >= 11 is 0.692. The minimum atomic E-state index is -5.59. The first kappa shape index (κ1) is 46.9. The van der Waals surface area contributed by atoms with Crippen molar-refractivity contribution in [3.05, 3.63) is 12.7 Å². The topological polar surface area (TPSA) is 404 Å². The van der Waals surface area contributed by atoms with E-state index in [0.717, 1.165) is 24.1 Å². The number of thioether (sulfide) groups is 1. The highest BCUT2D eigenvalue weighted by molar-refractivity contribution is 8.13. The second-order valence-electron chi connectivity index (χ2n) is 12.6. The van der Waals surface area contributed by atoms with Crippen LogP contribution in [0.1, 0.15) is 33.4 Å². The number of nitrogens with one attached hydrogen (secondary N) is 2. The van der Waals surface area contributed by atoms with Gasteiger partial charge < -0.3 is 61.1 Å². The van der Waals surface area contributed by atoms with Crippen LogP contribution in [0.2, 0.25) is 0 Å². The molecule has 1 aliphatic heterocycles. The molecule has 1 aliphatic rings. The zero-order valence-electron chi connectivity index (χ0n) is 29.2. The van der Waals surface area contributed by atoms with E-state index in [-0.39, 0.29) is 42.2 Å². The van der Waals surface area contributed by atoms with E-state index >= 15 is 0 Å². The predicted molar refractivity (Wildman–Crippen MR) is 185 cm³/mol. The van der Waals surface area contributed by atoms with Gasteiger partial charge in [-0.25, -0.2) is 28.6 Å². The number of nitrogen functional groups attached to an aromatic ring is 1. The Balaban J connectivity index is 1.50. The number of fused-ring (bicyclic) bond motifs is 1. The maximum absolute atomic E-state index is 12.6. The first-order chi connectivity index (χ1) is 25.3. The van der Waals surface area contributed by atoms with Crippen LogP contribution in [-0.4, -0.2) is 145 Å². The zero-order valence-corrected chi connectivity index (χ0v) is 32.7. The summed E-state index contributed by atoms with van der Waals surface area (Å²) in [5, 5.41) is 44.1. The molecule has 12 N–H and O–H groups in total. The van der Waals surface area contributed by atoms with Crippen LogP contribution in [0.4, 0.5) is 5.82 Å². The van der Waals surface area contributed by atoms with E-state index < -0.39 is 102 Å². The minimum absolute atomic E-state index is 0.0196. The monoisotopic (exact) mass is 869 g/mol. The van der Waals surface area contributed by atoms with Gasteiger partial charge in [-0.2, -0.15) is 4.31 Å². The highest BCUT2D eigenvalue weighted by Gasteiger charge is 2.50. The smallest absolute Gasteiger partial charge is 0.393 e. The lowest BCUT2D eigenvalue weighted by Crippen LogP contribution is -2.46. The van der Waals surface area contributed by atoms with Crippen molar-refractivity contribution in [2.45, 2.75) is 63.4 Å². The number of hydrogen-bond acceptors (Lipinski definition) is 20. The summed E-state index contributed by atoms with van der Waals surface area (Å²) in [6.07, 6.45) is -7.11. The average Bonchev–Trinajstić information content (AvgIpc) is 3.64. The molecule has 0 aromatic carbocycles. The Hall–Kier alpha value is -2.52. The maximum atomic E-state index is 12.6. The van der Waals surface area contributed by atoms with Crippen LogP contribution in [-0.2, 0) is 50.7 Å². The first-order valence-electron chi connectivity index (χ1n) is 15.7. The van der Waals surface area contributed by atoms with Crippen LogP contribution in [0.15, 0.2) is 12.7 Å². The number of carbonyl (C=O) groups is 3. The molecule has 0 saturated carbocycles. The summed E-state index contributed by atoms with van der Waals surface area (Å²) in [6, 6.07) is 0. The van der Waals surface area contributed by atoms with Crippen LogP contribution >= 0.6 is 35.2 Å². The summed E-state index contributed by atoms with van der Waals surface area (Å²) < 4.78 is 61.9. The first-order valence-corrected chi connectivity index (χ1v) is 21.2. The van der Waals surface area contributed by atoms with E-state index in [1.807, 2.05) is 0 Å². The predicted octanol–water partition coefficient (Wildman–Crippen LogP) is -2.59. The van der Waals surface area contributed by atoms with E-state index in [9.17, 15) is 63.0 Å². The third-order valence-electron chi connectivity index (χ3n) is 7.48. The van der Waals surface area contributed by atoms with Gasteiger partial charge in [0, 0.05) is 30.7 Å². The van der Waals surface area contributed by atoms with Crippen molar-refractivity contribution in [2.24, 2.45) is 5.41 Å². The van der Waals surface area contributed by atoms with Gasteiger partial charge in [-0.3, -0.25) is 32.5 Å². The third-order valence-corrected chi connectivity index (χ3v) is 11.7. The number of imidazole rings is 1. The summed E-state index contributed by atoms with van der Waals surface area (Å²) in [7, 11) is -16.4. The number of nitrogens with two attached hydrogens (primary N) is 1. The fourth-order valence-corrected chi connectivity index (χ4v) is 8.09. The second-order valence-corrected chi connectivity index (χ2v) is 17.9. The van der Waals surface area contributed by atoms with Crippen molar-refractivity contribution in [1.82, 2.24) is 30.2 Å². The molecule has 1 fully saturated rings. The highest BCUT2D eigenvalue weighted by Crippen LogP contribution is 2.61. The van der Waals surface area contributed by atoms with Crippen molar-refractivity contribution in [1.29, 1.82) is 0 Å². The molecular weight excluding hydrogens is 827 g/mol. The SMILES string of the molecule is CC(C)(COP(=O)(O)OP(=O)(O)OC[C@H]1O[C@@H](n2cnc3c(N)ncnc32)[C@H](O)[C@@H]1OP(=O)(O)O)[C@@H](O)C(=O)NCCC(=O)NCCSC(=O)[C@@](C)(O)CO. The van der Waals surface area contributed by atoms with Gasteiger partial charge in [0.1, 0.15) is 36.3 Å². The zero-order chi connectivity index (χ0) is 41.6. The Kier molecular flexibility index (Phi) is 16.0. The van der Waals surface area contributed by atoms with Crippen LogP contribution in [0.25, 0.3) is 11.2 Å². The molecule has 0 aliphatic carbocycles. The summed E-state index contributed by atoms with van der Waals surface area (Å²) in [4.78, 5) is 87.1. The number of aliphatic hydroxyl groups is 4. The molecule has 30 heteroatoms. The lowest BCUT2D eigenvalue weighted by molar-refractivity contribution is -0.137. The standard InChI is InChI=1S/C25H42N7O19P3S/c1-24(2,18(36)21(37)28-5-4-14(34)27-6-7-55-23(38)25(3,39)9-33)10-48-54(45,46)51-53(43,44)47-8-13-17(50-52(40,41)42)16(35)22(49-13)32-12-31-15-19(26)29-11-30-20(15)32/h11-13,16-18,22,33,35-36,39H,4-10H2,1-3H3,(H,27,34)(H,28,37)(H,43,44)(H,45,46)(H2,26,29,30)(H2,40,41,42)/t13-,16-,17-,18+,22-,25+/m1/s1. The number of hydrogen-bond donors (Lipinski definition) is 11. The molecule has 2 unspecified atom stereocenters. The van der Waals surface area contributed by atoms with E-state index in [4.69, 9.17) is 24.6 Å². The van der Waals surface area contributed by atoms with Gasteiger partial charge in [0.2, 0.25) is 16.9 Å². The molecule has 0 bridgehead atoms. The fraction of sp³-hybridized carbons (Fsp3) is 0.680. The number of anilines is 1. The molecule has 26 nitrogen and oxygen atoms in total. The molecule has 3 heterocycles. The van der Waals surface area contributed by atoms with Gasteiger partial charge in [-0.15, -0.1) is 0 Å². The molecule has 2 amide bonds. The van der Waals surface area contributed by atoms with Crippen LogP contribution in [0.5, 0.6) is 0 Å². The van der Waals surface area contributed by atoms with Gasteiger partial charge in [0.15, 0.2) is 23.3 Å². The Labute approximate surface area is 315 Å².